The molecule has 0 radical (unpaired) electrons. The number of likely N-dealkylation sites (tertiary alicyclic amines) is 1. The second-order valence-corrected chi connectivity index (χ2v) is 9.26. The van der Waals surface area contributed by atoms with Gasteiger partial charge >= 0.3 is 0 Å². The van der Waals surface area contributed by atoms with Crippen LogP contribution in [0.15, 0.2) is 18.7 Å². The van der Waals surface area contributed by atoms with Gasteiger partial charge in [0.05, 0.1) is 5.75 Å². The van der Waals surface area contributed by atoms with Gasteiger partial charge in [0.1, 0.15) is 16.2 Å². The van der Waals surface area contributed by atoms with Crippen LogP contribution in [0.4, 0.5) is 0 Å². The van der Waals surface area contributed by atoms with Crippen molar-refractivity contribution in [1.82, 2.24) is 20.2 Å². The van der Waals surface area contributed by atoms with E-state index in [-0.39, 0.29) is 24.1 Å². The minimum atomic E-state index is -3.11. The van der Waals surface area contributed by atoms with Crippen molar-refractivity contribution >= 4 is 15.7 Å². The highest BCUT2D eigenvalue weighted by molar-refractivity contribution is 7.90. The zero-order valence-electron chi connectivity index (χ0n) is 13.9. The number of nitrogens with zero attached hydrogens (tertiary/aromatic N) is 3. The summed E-state index contributed by atoms with van der Waals surface area (Å²) < 4.78 is 22.4. The smallest absolute Gasteiger partial charge is 0.221 e. The highest BCUT2D eigenvalue weighted by Gasteiger charge is 2.42. The van der Waals surface area contributed by atoms with Gasteiger partial charge in [-0.25, -0.2) is 18.4 Å². The van der Waals surface area contributed by atoms with E-state index in [9.17, 15) is 13.2 Å². The van der Waals surface area contributed by atoms with Crippen LogP contribution in [0.3, 0.4) is 0 Å². The van der Waals surface area contributed by atoms with Gasteiger partial charge in [-0.3, -0.25) is 9.69 Å². The normalized spacial score (nSPS) is 24.9. The molecule has 1 aromatic heterocycles. The molecule has 1 N–H and O–H groups in total. The van der Waals surface area contributed by atoms with Gasteiger partial charge in [-0.1, -0.05) is 0 Å². The summed E-state index contributed by atoms with van der Waals surface area (Å²) in [6, 6.07) is 0.106. The van der Waals surface area contributed by atoms with Crippen LogP contribution in [-0.4, -0.2) is 60.3 Å². The van der Waals surface area contributed by atoms with Crippen molar-refractivity contribution in [2.45, 2.75) is 31.8 Å². The van der Waals surface area contributed by atoms with E-state index in [0.29, 0.717) is 11.8 Å². The summed E-state index contributed by atoms with van der Waals surface area (Å²) >= 11 is 0. The number of carbonyl (C=O) groups is 1. The molecule has 1 aliphatic carbocycles. The molecule has 132 valence electrons. The standard InChI is InChI=1S/C16H24N4O3S/c1-24(22,23)5-4-16(21)19-15-10-20(9-14(15)13-2-3-13)8-12-6-17-11-18-7-12/h6-7,11,13-15H,2-5,8-10H2,1H3,(H,19,21)/t14-,15+/m1/s1. The summed E-state index contributed by atoms with van der Waals surface area (Å²) in [6.07, 6.45) is 8.80. The maximum atomic E-state index is 12.1. The average molecular weight is 352 g/mol. The van der Waals surface area contributed by atoms with E-state index in [2.05, 4.69) is 20.2 Å². The maximum Gasteiger partial charge on any atom is 0.221 e. The monoisotopic (exact) mass is 352 g/mol. The number of hydrogen-bond acceptors (Lipinski definition) is 6. The van der Waals surface area contributed by atoms with E-state index < -0.39 is 9.84 Å². The molecule has 0 aromatic carbocycles. The van der Waals surface area contributed by atoms with Crippen LogP contribution in [-0.2, 0) is 21.2 Å². The van der Waals surface area contributed by atoms with Crippen LogP contribution >= 0.6 is 0 Å². The molecular weight excluding hydrogens is 328 g/mol. The molecule has 1 amide bonds. The lowest BCUT2D eigenvalue weighted by atomic mass is 9.98. The minimum absolute atomic E-state index is 0.0409. The van der Waals surface area contributed by atoms with Crippen LogP contribution in [0.2, 0.25) is 0 Å². The summed E-state index contributed by atoms with van der Waals surface area (Å²) in [5, 5.41) is 3.06. The van der Waals surface area contributed by atoms with Crippen molar-refractivity contribution in [3.63, 3.8) is 0 Å². The Kier molecular flexibility index (Phi) is 5.15. The van der Waals surface area contributed by atoms with Gasteiger partial charge < -0.3 is 5.32 Å². The van der Waals surface area contributed by atoms with Crippen LogP contribution < -0.4 is 5.32 Å². The minimum Gasteiger partial charge on any atom is -0.352 e. The van der Waals surface area contributed by atoms with Gasteiger partial charge in [-0.15, -0.1) is 0 Å². The third-order valence-electron chi connectivity index (χ3n) is 4.73. The summed E-state index contributed by atoms with van der Waals surface area (Å²) in [7, 11) is -3.11. The Morgan fingerprint density at radius 3 is 2.62 bits per heavy atom. The molecule has 2 atom stereocenters. The molecule has 1 saturated heterocycles. The maximum absolute atomic E-state index is 12.1. The fourth-order valence-corrected chi connectivity index (χ4v) is 3.98. The lowest BCUT2D eigenvalue weighted by Gasteiger charge is -2.19. The van der Waals surface area contributed by atoms with Gasteiger partial charge in [0.25, 0.3) is 0 Å². The molecular formula is C16H24N4O3S. The molecule has 2 heterocycles. The molecule has 0 unspecified atom stereocenters. The first kappa shape index (κ1) is 17.3. The molecule has 2 fully saturated rings. The fourth-order valence-electron chi connectivity index (χ4n) is 3.42. The number of carbonyl (C=O) groups excluding carboxylic acids is 1. The first-order valence-electron chi connectivity index (χ1n) is 8.34. The molecule has 2 aliphatic rings. The average Bonchev–Trinajstić information content (AvgIpc) is 3.29. The Morgan fingerprint density at radius 2 is 2.00 bits per heavy atom. The predicted octanol–water partition coefficient (Wildman–Crippen LogP) is 0.238. The van der Waals surface area contributed by atoms with Gasteiger partial charge in [-0.05, 0) is 24.7 Å². The SMILES string of the molecule is CS(=O)(=O)CCC(=O)N[C@H]1CN(Cc2cncnc2)C[C@@H]1C1CC1. The van der Waals surface area contributed by atoms with Gasteiger partial charge in [0.2, 0.25) is 5.91 Å². The zero-order chi connectivity index (χ0) is 17.2. The second-order valence-electron chi connectivity index (χ2n) is 7.00. The molecule has 8 heteroatoms. The molecule has 1 aromatic rings. The Balaban J connectivity index is 1.56. The van der Waals surface area contributed by atoms with E-state index in [1.807, 2.05) is 12.4 Å². The van der Waals surface area contributed by atoms with E-state index in [1.165, 1.54) is 19.2 Å². The van der Waals surface area contributed by atoms with Crippen molar-refractivity contribution in [1.29, 1.82) is 0 Å². The summed E-state index contributed by atoms with van der Waals surface area (Å²) in [5.41, 5.74) is 1.07. The molecule has 1 saturated carbocycles. The third-order valence-corrected chi connectivity index (χ3v) is 5.68. The number of rotatable bonds is 7. The van der Waals surface area contributed by atoms with E-state index in [4.69, 9.17) is 0 Å². The second kappa shape index (κ2) is 7.14. The highest BCUT2D eigenvalue weighted by Crippen LogP contribution is 2.41. The van der Waals surface area contributed by atoms with Gasteiger partial charge in [-0.2, -0.15) is 0 Å². The lowest BCUT2D eigenvalue weighted by molar-refractivity contribution is -0.121. The van der Waals surface area contributed by atoms with Crippen molar-refractivity contribution in [2.24, 2.45) is 11.8 Å². The van der Waals surface area contributed by atoms with Crippen LogP contribution in [0.1, 0.15) is 24.8 Å². The van der Waals surface area contributed by atoms with E-state index in [0.717, 1.165) is 31.5 Å². The molecule has 7 nitrogen and oxygen atoms in total. The van der Waals surface area contributed by atoms with Crippen molar-refractivity contribution in [3.05, 3.63) is 24.3 Å². The quantitative estimate of drug-likeness (QED) is 0.756. The Hall–Kier alpha value is -1.54. The number of amides is 1. The molecule has 1 aliphatic heterocycles. The summed E-state index contributed by atoms with van der Waals surface area (Å²) in [4.78, 5) is 22.5. The molecule has 0 bridgehead atoms. The first-order chi connectivity index (χ1) is 11.4. The highest BCUT2D eigenvalue weighted by atomic mass is 32.2. The van der Waals surface area contributed by atoms with Crippen LogP contribution in [0.25, 0.3) is 0 Å². The zero-order valence-corrected chi connectivity index (χ0v) is 14.7. The van der Waals surface area contributed by atoms with Gasteiger partial charge in [0.15, 0.2) is 0 Å². The molecule has 24 heavy (non-hydrogen) atoms. The van der Waals surface area contributed by atoms with Gasteiger partial charge in [0, 0.05) is 56.3 Å². The van der Waals surface area contributed by atoms with Crippen LogP contribution in [0.5, 0.6) is 0 Å². The van der Waals surface area contributed by atoms with Crippen molar-refractivity contribution < 1.29 is 13.2 Å². The van der Waals surface area contributed by atoms with E-state index >= 15 is 0 Å². The predicted molar refractivity (Wildman–Crippen MR) is 89.8 cm³/mol. The van der Waals surface area contributed by atoms with Crippen LogP contribution in [0, 0.1) is 11.8 Å². The Bertz CT molecular complexity index is 676. The lowest BCUT2D eigenvalue weighted by Crippen LogP contribution is -2.41. The number of aromatic nitrogens is 2. The fraction of sp³-hybridized carbons (Fsp3) is 0.688. The summed E-state index contributed by atoms with van der Waals surface area (Å²) in [6.45, 7) is 2.52. The van der Waals surface area contributed by atoms with Crippen molar-refractivity contribution in [2.75, 3.05) is 25.1 Å². The Morgan fingerprint density at radius 1 is 1.29 bits per heavy atom. The Labute approximate surface area is 142 Å². The number of nitrogens with one attached hydrogen (secondary N) is 1. The largest absolute Gasteiger partial charge is 0.352 e. The number of sulfone groups is 1. The summed E-state index contributed by atoms with van der Waals surface area (Å²) in [5.74, 6) is 0.880. The molecule has 3 rings (SSSR count). The van der Waals surface area contributed by atoms with E-state index in [1.54, 1.807) is 0 Å². The third kappa shape index (κ3) is 4.98. The first-order valence-corrected chi connectivity index (χ1v) is 10.4. The van der Waals surface area contributed by atoms with Crippen molar-refractivity contribution in [3.8, 4) is 0 Å². The molecule has 0 spiro atoms. The number of hydrogen-bond donors (Lipinski definition) is 1. The topological polar surface area (TPSA) is 92.3 Å².